The van der Waals surface area contributed by atoms with E-state index in [2.05, 4.69) is 14.7 Å². The number of carbonyl (C=O) groups excluding carboxylic acids is 2. The van der Waals surface area contributed by atoms with Crippen molar-refractivity contribution >= 4 is 29.1 Å². The number of alkyl halides is 4. The number of imidazole rings is 1. The standard InChI is InChI=1S/C20H25F4N5O7/c1-5-6-7-28-11-15(26-18(25)27-16(11)33-4)29(19(28)32)17-13(34-8(2)30)10(21)12(36-17)14(20(22,23)24)35-9(3)31/h10,12-14,17H,5-7H2,1-4H3,(H2,25,26,27)/t10?,12?,13?,14-,17?/m1/s1. The number of esters is 2. The number of rotatable bonds is 8. The van der Waals surface area contributed by atoms with Crippen LogP contribution in [0, 0.1) is 0 Å². The number of nitrogens with two attached hydrogens (primary N) is 1. The monoisotopic (exact) mass is 523 g/mol. The van der Waals surface area contributed by atoms with Crippen molar-refractivity contribution in [3.05, 3.63) is 10.5 Å². The largest absolute Gasteiger partial charge is 0.479 e. The van der Waals surface area contributed by atoms with Gasteiger partial charge in [-0.25, -0.2) is 13.8 Å². The predicted octanol–water partition coefficient (Wildman–Crippen LogP) is 1.65. The molecule has 5 atom stereocenters. The summed E-state index contributed by atoms with van der Waals surface area (Å²) >= 11 is 0. The van der Waals surface area contributed by atoms with E-state index in [1.54, 1.807) is 0 Å². The maximum absolute atomic E-state index is 15.4. The topological polar surface area (TPSA) is 150 Å². The smallest absolute Gasteiger partial charge is 0.428 e. The fourth-order valence-corrected chi connectivity index (χ4v) is 3.97. The lowest BCUT2D eigenvalue weighted by Gasteiger charge is -2.26. The van der Waals surface area contributed by atoms with Crippen LogP contribution in [0.15, 0.2) is 4.79 Å². The minimum atomic E-state index is -5.24. The third-order valence-corrected chi connectivity index (χ3v) is 5.39. The molecule has 3 rings (SSSR count). The number of halogens is 4. The molecule has 0 spiro atoms. The molecule has 0 saturated carbocycles. The maximum Gasteiger partial charge on any atom is 0.428 e. The molecular formula is C20H25F4N5O7. The Morgan fingerprint density at radius 3 is 2.42 bits per heavy atom. The zero-order chi connectivity index (χ0) is 26.9. The van der Waals surface area contributed by atoms with Gasteiger partial charge in [0.2, 0.25) is 17.9 Å². The molecule has 0 bridgehead atoms. The molecule has 12 nitrogen and oxygen atoms in total. The summed E-state index contributed by atoms with van der Waals surface area (Å²) < 4.78 is 78.2. The summed E-state index contributed by atoms with van der Waals surface area (Å²) in [5.74, 6) is -2.88. The third kappa shape index (κ3) is 5.08. The van der Waals surface area contributed by atoms with Gasteiger partial charge in [-0.3, -0.25) is 14.2 Å². The van der Waals surface area contributed by atoms with Crippen molar-refractivity contribution in [2.24, 2.45) is 0 Å². The van der Waals surface area contributed by atoms with Crippen molar-refractivity contribution in [1.29, 1.82) is 0 Å². The fourth-order valence-electron chi connectivity index (χ4n) is 3.97. The number of nitrogens with zero attached hydrogens (tertiary/aromatic N) is 4. The molecule has 1 aliphatic heterocycles. The average molecular weight is 523 g/mol. The van der Waals surface area contributed by atoms with Crippen LogP contribution in [0.3, 0.4) is 0 Å². The lowest BCUT2D eigenvalue weighted by atomic mass is 10.1. The number of carbonyl (C=O) groups is 2. The Morgan fingerprint density at radius 1 is 1.22 bits per heavy atom. The first-order valence-corrected chi connectivity index (χ1v) is 10.8. The molecular weight excluding hydrogens is 498 g/mol. The fraction of sp³-hybridized carbons (Fsp3) is 0.650. The summed E-state index contributed by atoms with van der Waals surface area (Å²) in [6, 6.07) is 0. The summed E-state index contributed by atoms with van der Waals surface area (Å²) in [7, 11) is 1.25. The van der Waals surface area contributed by atoms with E-state index in [1.807, 2.05) is 6.92 Å². The first-order valence-electron chi connectivity index (χ1n) is 10.8. The lowest BCUT2D eigenvalue weighted by molar-refractivity contribution is -0.252. The van der Waals surface area contributed by atoms with Gasteiger partial charge >= 0.3 is 23.8 Å². The van der Waals surface area contributed by atoms with Gasteiger partial charge in [-0.2, -0.15) is 23.1 Å². The summed E-state index contributed by atoms with van der Waals surface area (Å²) in [6.45, 7) is 3.59. The highest BCUT2D eigenvalue weighted by molar-refractivity contribution is 5.78. The van der Waals surface area contributed by atoms with Crippen LogP contribution in [0.2, 0.25) is 0 Å². The molecule has 0 aromatic carbocycles. The van der Waals surface area contributed by atoms with Crippen molar-refractivity contribution in [1.82, 2.24) is 19.1 Å². The van der Waals surface area contributed by atoms with Crippen molar-refractivity contribution in [2.45, 2.75) is 77.0 Å². The summed E-state index contributed by atoms with van der Waals surface area (Å²) in [4.78, 5) is 44.4. The van der Waals surface area contributed by atoms with Crippen LogP contribution in [0.4, 0.5) is 23.5 Å². The number of hydrogen-bond donors (Lipinski definition) is 1. The number of hydrogen-bond acceptors (Lipinski definition) is 10. The van der Waals surface area contributed by atoms with Crippen LogP contribution in [0.25, 0.3) is 11.2 Å². The van der Waals surface area contributed by atoms with Crippen molar-refractivity contribution in [3.8, 4) is 5.88 Å². The van der Waals surface area contributed by atoms with Gasteiger partial charge in [-0.05, 0) is 6.42 Å². The number of anilines is 1. The molecule has 16 heteroatoms. The second-order valence-corrected chi connectivity index (χ2v) is 8.00. The summed E-state index contributed by atoms with van der Waals surface area (Å²) in [5, 5.41) is 0. The molecule has 4 unspecified atom stereocenters. The molecule has 0 radical (unpaired) electrons. The van der Waals surface area contributed by atoms with Gasteiger partial charge in [0.25, 0.3) is 0 Å². The number of methoxy groups -OCH3 is 1. The third-order valence-electron chi connectivity index (χ3n) is 5.39. The first-order chi connectivity index (χ1) is 16.8. The molecule has 1 fully saturated rings. The minimum Gasteiger partial charge on any atom is -0.479 e. The number of aromatic nitrogens is 4. The Kier molecular flexibility index (Phi) is 7.76. The van der Waals surface area contributed by atoms with Crippen molar-refractivity contribution in [2.75, 3.05) is 12.8 Å². The Labute approximate surface area is 201 Å². The molecule has 1 saturated heterocycles. The molecule has 2 N–H and O–H groups in total. The van der Waals surface area contributed by atoms with Crippen LogP contribution in [0.5, 0.6) is 5.88 Å². The van der Waals surface area contributed by atoms with E-state index in [0.717, 1.165) is 11.5 Å². The van der Waals surface area contributed by atoms with Gasteiger partial charge < -0.3 is 24.7 Å². The molecule has 1 aliphatic rings. The zero-order valence-corrected chi connectivity index (χ0v) is 19.7. The highest BCUT2D eigenvalue weighted by Gasteiger charge is 2.60. The normalized spacial score (nSPS) is 23.0. The van der Waals surface area contributed by atoms with Crippen molar-refractivity contribution in [3.63, 3.8) is 0 Å². The van der Waals surface area contributed by atoms with Gasteiger partial charge in [0, 0.05) is 20.4 Å². The van der Waals surface area contributed by atoms with E-state index in [0.29, 0.717) is 19.8 Å². The van der Waals surface area contributed by atoms with Gasteiger partial charge in [-0.1, -0.05) is 13.3 Å². The van der Waals surface area contributed by atoms with Gasteiger partial charge in [-0.15, -0.1) is 0 Å². The van der Waals surface area contributed by atoms with E-state index < -0.39 is 54.5 Å². The van der Waals surface area contributed by atoms with E-state index in [-0.39, 0.29) is 29.5 Å². The van der Waals surface area contributed by atoms with Crippen LogP contribution >= 0.6 is 0 Å². The molecule has 0 aliphatic carbocycles. The van der Waals surface area contributed by atoms with Crippen LogP contribution in [0.1, 0.15) is 39.8 Å². The molecule has 2 aromatic rings. The van der Waals surface area contributed by atoms with Crippen LogP contribution < -0.4 is 16.2 Å². The maximum atomic E-state index is 15.4. The van der Waals surface area contributed by atoms with Gasteiger partial charge in [0.05, 0.1) is 7.11 Å². The number of fused-ring (bicyclic) bond motifs is 1. The van der Waals surface area contributed by atoms with Gasteiger partial charge in [0.15, 0.2) is 29.7 Å². The summed E-state index contributed by atoms with van der Waals surface area (Å²) in [6.07, 6.45) is -16.2. The minimum absolute atomic E-state index is 0.0292. The van der Waals surface area contributed by atoms with E-state index in [9.17, 15) is 27.6 Å². The highest BCUT2D eigenvalue weighted by atomic mass is 19.4. The van der Waals surface area contributed by atoms with Gasteiger partial charge in [0.1, 0.15) is 6.10 Å². The molecule has 200 valence electrons. The predicted molar refractivity (Wildman–Crippen MR) is 114 cm³/mol. The molecule has 2 aromatic heterocycles. The Bertz CT molecular complexity index is 1200. The van der Waals surface area contributed by atoms with E-state index in [1.165, 1.54) is 11.7 Å². The first kappa shape index (κ1) is 27.2. The Balaban J connectivity index is 2.25. The Hall–Kier alpha value is -3.43. The van der Waals surface area contributed by atoms with Crippen molar-refractivity contribution < 1.29 is 46.1 Å². The molecule has 3 heterocycles. The molecule has 0 amide bonds. The summed E-state index contributed by atoms with van der Waals surface area (Å²) in [5.41, 5.74) is 4.64. The number of aryl methyl sites for hydroxylation is 1. The van der Waals surface area contributed by atoms with Crippen LogP contribution in [-0.4, -0.2) is 68.8 Å². The number of nitrogen functional groups attached to an aromatic ring is 1. The second kappa shape index (κ2) is 10.3. The SMILES string of the molecule is CCCCn1c(=O)n(C2OC([C@@H](OC(C)=O)C(F)(F)F)C(F)C2OC(C)=O)c2nc(N)nc(OC)c21. The highest BCUT2D eigenvalue weighted by Crippen LogP contribution is 2.41. The van der Waals surface area contributed by atoms with E-state index >= 15 is 4.39 Å². The van der Waals surface area contributed by atoms with E-state index in [4.69, 9.17) is 19.9 Å². The molecule has 36 heavy (non-hydrogen) atoms. The Morgan fingerprint density at radius 2 is 1.89 bits per heavy atom. The average Bonchev–Trinajstić information content (AvgIpc) is 3.21. The second-order valence-electron chi connectivity index (χ2n) is 8.00. The number of ether oxygens (including phenoxy) is 4. The quantitative estimate of drug-likeness (QED) is 0.400. The van der Waals surface area contributed by atoms with Crippen LogP contribution in [-0.2, 0) is 30.3 Å². The lowest BCUT2D eigenvalue weighted by Crippen LogP contribution is -2.47. The number of unbranched alkanes of at least 4 members (excludes halogenated alkanes) is 1. The zero-order valence-electron chi connectivity index (χ0n) is 19.7.